The van der Waals surface area contributed by atoms with Crippen LogP contribution in [0.5, 0.6) is 0 Å². The Kier molecular flexibility index (Phi) is 6.29. The first-order valence-electron chi connectivity index (χ1n) is 10.5. The molecule has 8 heteroatoms. The van der Waals surface area contributed by atoms with E-state index >= 15 is 0 Å². The van der Waals surface area contributed by atoms with Gasteiger partial charge >= 0.3 is 6.03 Å². The molecule has 2 aliphatic heterocycles. The number of carbonyl (C=O) groups is 1. The smallest absolute Gasteiger partial charge is 0.317 e. The standard InChI is InChI=1S/C21H30N6O2/c1-25(16-17-6-8-18(9-7-17)26-11-13-29-14-12-26)21(28)22-15-20-24-23-19-5-3-2-4-10-27(19)20/h6-9H,2-5,10-16H2,1H3,(H,22,28). The molecule has 156 valence electrons. The van der Waals surface area contributed by atoms with Crippen molar-refractivity contribution in [2.45, 2.75) is 45.3 Å². The zero-order chi connectivity index (χ0) is 20.1. The number of nitrogens with one attached hydrogen (secondary N) is 1. The first-order chi connectivity index (χ1) is 14.2. The number of urea groups is 1. The normalized spacial score (nSPS) is 16.8. The number of ether oxygens (including phenoxy) is 1. The van der Waals surface area contributed by atoms with Gasteiger partial charge in [-0.25, -0.2) is 4.79 Å². The predicted octanol–water partition coefficient (Wildman–Crippen LogP) is 2.18. The molecule has 0 saturated carbocycles. The molecule has 0 spiro atoms. The molecule has 2 aromatic rings. The van der Waals surface area contributed by atoms with Gasteiger partial charge in [0.1, 0.15) is 5.82 Å². The number of aryl methyl sites for hydroxylation is 1. The first-order valence-corrected chi connectivity index (χ1v) is 10.5. The summed E-state index contributed by atoms with van der Waals surface area (Å²) in [6.07, 6.45) is 4.51. The van der Waals surface area contributed by atoms with Crippen molar-refractivity contribution >= 4 is 11.7 Å². The van der Waals surface area contributed by atoms with Crippen LogP contribution in [0, 0.1) is 0 Å². The number of aromatic nitrogens is 3. The van der Waals surface area contributed by atoms with E-state index in [0.29, 0.717) is 13.1 Å². The molecule has 2 aliphatic rings. The highest BCUT2D eigenvalue weighted by atomic mass is 16.5. The summed E-state index contributed by atoms with van der Waals surface area (Å²) in [6.45, 7) is 5.32. The van der Waals surface area contributed by atoms with Crippen LogP contribution in [0.3, 0.4) is 0 Å². The van der Waals surface area contributed by atoms with Crippen molar-refractivity contribution in [3.05, 3.63) is 41.5 Å². The average Bonchev–Trinajstić information content (AvgIpc) is 2.99. The van der Waals surface area contributed by atoms with Gasteiger partial charge in [0.2, 0.25) is 0 Å². The molecule has 2 amide bonds. The lowest BCUT2D eigenvalue weighted by molar-refractivity contribution is 0.122. The van der Waals surface area contributed by atoms with Gasteiger partial charge in [-0.2, -0.15) is 0 Å². The van der Waals surface area contributed by atoms with Crippen LogP contribution in [0.25, 0.3) is 0 Å². The third-order valence-corrected chi connectivity index (χ3v) is 5.66. The minimum atomic E-state index is -0.103. The summed E-state index contributed by atoms with van der Waals surface area (Å²) in [5.74, 6) is 1.89. The van der Waals surface area contributed by atoms with Crippen LogP contribution in [0.4, 0.5) is 10.5 Å². The number of rotatable bonds is 5. The molecule has 0 aliphatic carbocycles. The Hall–Kier alpha value is -2.61. The molecule has 0 radical (unpaired) electrons. The molecule has 1 aromatic carbocycles. The van der Waals surface area contributed by atoms with Crippen molar-refractivity contribution in [2.24, 2.45) is 0 Å². The lowest BCUT2D eigenvalue weighted by Crippen LogP contribution is -2.37. The number of nitrogens with zero attached hydrogens (tertiary/aromatic N) is 5. The van der Waals surface area contributed by atoms with Gasteiger partial charge in [0.05, 0.1) is 19.8 Å². The van der Waals surface area contributed by atoms with Crippen LogP contribution in [0.2, 0.25) is 0 Å². The Bertz CT molecular complexity index is 813. The molecule has 1 fully saturated rings. The van der Waals surface area contributed by atoms with Crippen molar-refractivity contribution in [2.75, 3.05) is 38.3 Å². The monoisotopic (exact) mass is 398 g/mol. The van der Waals surface area contributed by atoms with Crippen molar-refractivity contribution in [3.63, 3.8) is 0 Å². The van der Waals surface area contributed by atoms with E-state index in [2.05, 4.69) is 49.2 Å². The molecule has 8 nitrogen and oxygen atoms in total. The molecular weight excluding hydrogens is 368 g/mol. The fourth-order valence-corrected chi connectivity index (χ4v) is 3.95. The van der Waals surface area contributed by atoms with E-state index in [9.17, 15) is 4.79 Å². The first kappa shape index (κ1) is 19.7. The Morgan fingerprint density at radius 2 is 1.90 bits per heavy atom. The number of fused-ring (bicyclic) bond motifs is 1. The highest BCUT2D eigenvalue weighted by Crippen LogP contribution is 2.18. The summed E-state index contributed by atoms with van der Waals surface area (Å²) in [5, 5.41) is 11.5. The SMILES string of the molecule is CN(Cc1ccc(N2CCOCC2)cc1)C(=O)NCc1nnc2n1CCCCC2. The second-order valence-electron chi connectivity index (χ2n) is 7.78. The molecule has 29 heavy (non-hydrogen) atoms. The topological polar surface area (TPSA) is 75.5 Å². The molecule has 0 atom stereocenters. The lowest BCUT2D eigenvalue weighted by Gasteiger charge is -2.29. The second-order valence-corrected chi connectivity index (χ2v) is 7.78. The van der Waals surface area contributed by atoms with Crippen molar-refractivity contribution in [1.82, 2.24) is 25.0 Å². The minimum Gasteiger partial charge on any atom is -0.378 e. The number of anilines is 1. The van der Waals surface area contributed by atoms with E-state index in [-0.39, 0.29) is 6.03 Å². The largest absolute Gasteiger partial charge is 0.378 e. The fourth-order valence-electron chi connectivity index (χ4n) is 3.95. The van der Waals surface area contributed by atoms with Crippen LogP contribution in [0.1, 0.15) is 36.5 Å². The number of benzene rings is 1. The quantitative estimate of drug-likeness (QED) is 0.836. The summed E-state index contributed by atoms with van der Waals surface area (Å²) in [7, 11) is 1.82. The zero-order valence-corrected chi connectivity index (χ0v) is 17.1. The van der Waals surface area contributed by atoms with Crippen LogP contribution in [-0.2, 0) is 30.8 Å². The van der Waals surface area contributed by atoms with Gasteiger partial charge < -0.3 is 24.4 Å². The molecule has 1 saturated heterocycles. The van der Waals surface area contributed by atoms with Crippen molar-refractivity contribution in [3.8, 4) is 0 Å². The Morgan fingerprint density at radius 3 is 2.69 bits per heavy atom. The third-order valence-electron chi connectivity index (χ3n) is 5.66. The van der Waals surface area contributed by atoms with E-state index in [4.69, 9.17) is 4.74 Å². The van der Waals surface area contributed by atoms with Crippen molar-refractivity contribution in [1.29, 1.82) is 0 Å². The molecule has 1 aromatic heterocycles. The summed E-state index contributed by atoms with van der Waals surface area (Å²) in [6, 6.07) is 8.32. The molecule has 0 unspecified atom stereocenters. The molecule has 4 rings (SSSR count). The third kappa shape index (κ3) is 4.87. The maximum Gasteiger partial charge on any atom is 0.317 e. The van der Waals surface area contributed by atoms with E-state index in [0.717, 1.165) is 69.3 Å². The summed E-state index contributed by atoms with van der Waals surface area (Å²) in [4.78, 5) is 16.6. The Balaban J connectivity index is 1.29. The maximum atomic E-state index is 12.5. The van der Waals surface area contributed by atoms with Gasteiger partial charge in [-0.15, -0.1) is 10.2 Å². The van der Waals surface area contributed by atoms with E-state index in [1.807, 2.05) is 7.05 Å². The fraction of sp³-hybridized carbons (Fsp3) is 0.571. The maximum absolute atomic E-state index is 12.5. The van der Waals surface area contributed by atoms with E-state index < -0.39 is 0 Å². The van der Waals surface area contributed by atoms with Gasteiger partial charge in [0, 0.05) is 45.3 Å². The van der Waals surface area contributed by atoms with Gasteiger partial charge in [-0.05, 0) is 30.5 Å². The average molecular weight is 399 g/mol. The highest BCUT2D eigenvalue weighted by Gasteiger charge is 2.16. The van der Waals surface area contributed by atoms with Crippen LogP contribution < -0.4 is 10.2 Å². The second kappa shape index (κ2) is 9.26. The van der Waals surface area contributed by atoms with E-state index in [1.165, 1.54) is 12.1 Å². The summed E-state index contributed by atoms with van der Waals surface area (Å²) < 4.78 is 7.57. The summed E-state index contributed by atoms with van der Waals surface area (Å²) in [5.41, 5.74) is 2.31. The highest BCUT2D eigenvalue weighted by molar-refractivity contribution is 5.73. The Labute approximate surface area is 171 Å². The number of hydrogen-bond acceptors (Lipinski definition) is 5. The molecular formula is C21H30N6O2. The molecule has 1 N–H and O–H groups in total. The molecule has 0 bridgehead atoms. The Morgan fingerprint density at radius 1 is 1.10 bits per heavy atom. The predicted molar refractivity (Wildman–Crippen MR) is 111 cm³/mol. The van der Waals surface area contributed by atoms with Gasteiger partial charge in [-0.1, -0.05) is 18.6 Å². The van der Waals surface area contributed by atoms with Crippen LogP contribution >= 0.6 is 0 Å². The van der Waals surface area contributed by atoms with Gasteiger partial charge in [0.25, 0.3) is 0 Å². The summed E-state index contributed by atoms with van der Waals surface area (Å²) >= 11 is 0. The van der Waals surface area contributed by atoms with E-state index in [1.54, 1.807) is 4.90 Å². The van der Waals surface area contributed by atoms with Gasteiger partial charge in [-0.3, -0.25) is 0 Å². The number of amides is 2. The van der Waals surface area contributed by atoms with Crippen LogP contribution in [0.15, 0.2) is 24.3 Å². The minimum absolute atomic E-state index is 0.103. The number of morpholine rings is 1. The lowest BCUT2D eigenvalue weighted by atomic mass is 10.2. The zero-order valence-electron chi connectivity index (χ0n) is 17.1. The molecule has 3 heterocycles. The van der Waals surface area contributed by atoms with Gasteiger partial charge in [0.15, 0.2) is 5.82 Å². The number of carbonyl (C=O) groups excluding carboxylic acids is 1. The van der Waals surface area contributed by atoms with Crippen LogP contribution in [-0.4, -0.2) is 59.0 Å². The van der Waals surface area contributed by atoms with Crippen molar-refractivity contribution < 1.29 is 9.53 Å². The number of hydrogen-bond donors (Lipinski definition) is 1.